The number of rotatable bonds is 0. The maximum Gasteiger partial charge on any atom is 0.0601 e. The zero-order chi connectivity index (χ0) is 8.60. The first-order valence-corrected chi connectivity index (χ1v) is 4.69. The summed E-state index contributed by atoms with van der Waals surface area (Å²) < 4.78 is 0. The quantitative estimate of drug-likeness (QED) is 0.439. The third-order valence-electron chi connectivity index (χ3n) is 3.30. The average molecular weight is 168 g/mol. The number of oxime groups is 1. The fraction of sp³-hybridized carbons (Fsp3) is 0.889. The fourth-order valence-corrected chi connectivity index (χ4v) is 2.54. The van der Waals surface area contributed by atoms with Crippen LogP contribution in [0.5, 0.6) is 0 Å². The normalized spacial score (nSPS) is 40.2. The Kier molecular flexibility index (Phi) is 1.83. The maximum absolute atomic E-state index is 8.69. The van der Waals surface area contributed by atoms with Crippen LogP contribution in [0.25, 0.3) is 0 Å². The van der Waals surface area contributed by atoms with Gasteiger partial charge in [0.2, 0.25) is 0 Å². The lowest BCUT2D eigenvalue weighted by Crippen LogP contribution is -2.47. The van der Waals surface area contributed by atoms with E-state index in [0.29, 0.717) is 5.54 Å². The second kappa shape index (κ2) is 2.73. The molecule has 1 atom stereocenters. The molecule has 0 aliphatic carbocycles. The molecule has 2 saturated heterocycles. The van der Waals surface area contributed by atoms with E-state index < -0.39 is 0 Å². The van der Waals surface area contributed by atoms with Gasteiger partial charge in [0.15, 0.2) is 0 Å². The Morgan fingerprint density at radius 3 is 3.08 bits per heavy atom. The molecule has 2 rings (SSSR count). The zero-order valence-electron chi connectivity index (χ0n) is 7.58. The molecule has 12 heavy (non-hydrogen) atoms. The van der Waals surface area contributed by atoms with E-state index in [4.69, 9.17) is 5.21 Å². The van der Waals surface area contributed by atoms with Crippen molar-refractivity contribution in [1.29, 1.82) is 0 Å². The number of hydrogen-bond acceptors (Lipinski definition) is 3. The summed E-state index contributed by atoms with van der Waals surface area (Å²) in [7, 11) is 0. The molecule has 2 aliphatic heterocycles. The standard InChI is InChI=1S/C9H16N2O/c1-9-4-2-5-11(9)6-3-8(7-9)10-12/h12H,2-7H2,1H3/b10-8+. The first-order valence-electron chi connectivity index (χ1n) is 4.69. The van der Waals surface area contributed by atoms with Gasteiger partial charge in [0.05, 0.1) is 5.71 Å². The molecule has 0 amide bonds. The maximum atomic E-state index is 8.69. The summed E-state index contributed by atoms with van der Waals surface area (Å²) in [5, 5.41) is 12.0. The van der Waals surface area contributed by atoms with E-state index in [-0.39, 0.29) is 0 Å². The van der Waals surface area contributed by atoms with Gasteiger partial charge in [-0.05, 0) is 26.3 Å². The Bertz CT molecular complexity index is 215. The van der Waals surface area contributed by atoms with Crippen molar-refractivity contribution in [1.82, 2.24) is 4.90 Å². The van der Waals surface area contributed by atoms with E-state index in [1.54, 1.807) is 0 Å². The van der Waals surface area contributed by atoms with Gasteiger partial charge in [-0.15, -0.1) is 0 Å². The summed E-state index contributed by atoms with van der Waals surface area (Å²) >= 11 is 0. The third kappa shape index (κ3) is 1.12. The van der Waals surface area contributed by atoms with Crippen LogP contribution in [0.1, 0.15) is 32.6 Å². The highest BCUT2D eigenvalue weighted by Gasteiger charge is 2.40. The SMILES string of the molecule is CC12CCCN1CC/C(=N\O)C2. The van der Waals surface area contributed by atoms with Gasteiger partial charge in [-0.25, -0.2) is 0 Å². The van der Waals surface area contributed by atoms with Gasteiger partial charge in [-0.2, -0.15) is 0 Å². The Morgan fingerprint density at radius 1 is 1.50 bits per heavy atom. The highest BCUT2D eigenvalue weighted by Crippen LogP contribution is 2.35. The molecule has 2 heterocycles. The topological polar surface area (TPSA) is 35.8 Å². The van der Waals surface area contributed by atoms with Crippen LogP contribution in [0.2, 0.25) is 0 Å². The molecular weight excluding hydrogens is 152 g/mol. The summed E-state index contributed by atoms with van der Waals surface area (Å²) in [6.45, 7) is 4.59. The first-order chi connectivity index (χ1) is 5.74. The highest BCUT2D eigenvalue weighted by atomic mass is 16.4. The molecule has 2 aliphatic rings. The number of fused-ring (bicyclic) bond motifs is 1. The minimum absolute atomic E-state index is 0.305. The second-order valence-electron chi connectivity index (χ2n) is 4.18. The van der Waals surface area contributed by atoms with Crippen LogP contribution in [-0.4, -0.2) is 34.4 Å². The summed E-state index contributed by atoms with van der Waals surface area (Å²) in [4.78, 5) is 2.53. The Balaban J connectivity index is 2.14. The number of piperidine rings is 1. The molecule has 0 aromatic carbocycles. The summed E-state index contributed by atoms with van der Waals surface area (Å²) in [5.41, 5.74) is 1.29. The van der Waals surface area contributed by atoms with Gasteiger partial charge in [0, 0.05) is 24.9 Å². The fourth-order valence-electron chi connectivity index (χ4n) is 2.54. The zero-order valence-corrected chi connectivity index (χ0v) is 7.58. The predicted molar refractivity (Wildman–Crippen MR) is 47.7 cm³/mol. The molecule has 0 saturated carbocycles. The van der Waals surface area contributed by atoms with Crippen LogP contribution in [0, 0.1) is 0 Å². The van der Waals surface area contributed by atoms with Crippen molar-refractivity contribution in [3.63, 3.8) is 0 Å². The van der Waals surface area contributed by atoms with Crippen molar-refractivity contribution in [2.24, 2.45) is 5.16 Å². The van der Waals surface area contributed by atoms with Gasteiger partial charge >= 0.3 is 0 Å². The van der Waals surface area contributed by atoms with Crippen LogP contribution < -0.4 is 0 Å². The van der Waals surface area contributed by atoms with Crippen LogP contribution in [0.3, 0.4) is 0 Å². The molecule has 1 N–H and O–H groups in total. The number of nitrogens with zero attached hydrogens (tertiary/aromatic N) is 2. The lowest BCUT2D eigenvalue weighted by atomic mass is 9.87. The van der Waals surface area contributed by atoms with Crippen molar-refractivity contribution >= 4 is 5.71 Å². The highest BCUT2D eigenvalue weighted by molar-refractivity contribution is 5.86. The summed E-state index contributed by atoms with van der Waals surface area (Å²) in [6.07, 6.45) is 4.47. The van der Waals surface area contributed by atoms with Crippen molar-refractivity contribution in [3.8, 4) is 0 Å². The molecule has 0 radical (unpaired) electrons. The lowest BCUT2D eigenvalue weighted by Gasteiger charge is -2.39. The van der Waals surface area contributed by atoms with E-state index >= 15 is 0 Å². The summed E-state index contributed by atoms with van der Waals surface area (Å²) in [6, 6.07) is 0. The van der Waals surface area contributed by atoms with Gasteiger partial charge in [-0.1, -0.05) is 5.16 Å². The molecular formula is C9H16N2O. The minimum Gasteiger partial charge on any atom is -0.411 e. The first kappa shape index (κ1) is 8.05. The monoisotopic (exact) mass is 168 g/mol. The van der Waals surface area contributed by atoms with E-state index in [2.05, 4.69) is 17.0 Å². The Labute approximate surface area is 73.1 Å². The minimum atomic E-state index is 0.305. The predicted octanol–water partition coefficient (Wildman–Crippen LogP) is 1.46. The molecule has 3 heteroatoms. The van der Waals surface area contributed by atoms with Crippen LogP contribution in [0.15, 0.2) is 5.16 Å². The largest absolute Gasteiger partial charge is 0.411 e. The molecule has 3 nitrogen and oxygen atoms in total. The van der Waals surface area contributed by atoms with Crippen molar-refractivity contribution < 1.29 is 5.21 Å². The second-order valence-corrected chi connectivity index (χ2v) is 4.18. The smallest absolute Gasteiger partial charge is 0.0601 e. The van der Waals surface area contributed by atoms with Gasteiger partial charge in [0.25, 0.3) is 0 Å². The molecule has 0 aromatic rings. The molecule has 68 valence electrons. The molecule has 0 spiro atoms. The molecule has 0 aromatic heterocycles. The van der Waals surface area contributed by atoms with E-state index in [9.17, 15) is 0 Å². The van der Waals surface area contributed by atoms with Crippen LogP contribution in [0.4, 0.5) is 0 Å². The molecule has 0 bridgehead atoms. The van der Waals surface area contributed by atoms with Crippen LogP contribution >= 0.6 is 0 Å². The molecule has 1 unspecified atom stereocenters. The van der Waals surface area contributed by atoms with Gasteiger partial charge < -0.3 is 5.21 Å². The van der Waals surface area contributed by atoms with Crippen LogP contribution in [-0.2, 0) is 0 Å². The van der Waals surface area contributed by atoms with Gasteiger partial charge in [0.1, 0.15) is 0 Å². The van der Waals surface area contributed by atoms with E-state index in [1.807, 2.05) is 0 Å². The van der Waals surface area contributed by atoms with E-state index in [1.165, 1.54) is 19.4 Å². The van der Waals surface area contributed by atoms with Crippen molar-refractivity contribution in [3.05, 3.63) is 0 Å². The Morgan fingerprint density at radius 2 is 2.33 bits per heavy atom. The van der Waals surface area contributed by atoms with Crippen molar-refractivity contribution in [2.45, 2.75) is 38.1 Å². The number of hydrogen-bond donors (Lipinski definition) is 1. The van der Waals surface area contributed by atoms with Gasteiger partial charge in [-0.3, -0.25) is 4.90 Å². The lowest BCUT2D eigenvalue weighted by molar-refractivity contribution is 0.149. The molecule has 2 fully saturated rings. The van der Waals surface area contributed by atoms with E-state index in [0.717, 1.165) is 25.1 Å². The van der Waals surface area contributed by atoms with Crippen molar-refractivity contribution in [2.75, 3.05) is 13.1 Å². The Hall–Kier alpha value is -0.570. The average Bonchev–Trinajstić information content (AvgIpc) is 2.44. The third-order valence-corrected chi connectivity index (χ3v) is 3.30. The summed E-state index contributed by atoms with van der Waals surface area (Å²) in [5.74, 6) is 0.